The minimum absolute atomic E-state index is 0.127. The van der Waals surface area contributed by atoms with Crippen molar-refractivity contribution in [3.05, 3.63) is 102 Å². The maximum absolute atomic E-state index is 13.1. The smallest absolute Gasteiger partial charge is 0.272 e. The molecule has 4 aromatic rings. The molecule has 5 heteroatoms. The van der Waals surface area contributed by atoms with Crippen LogP contribution in [-0.2, 0) is 6.54 Å². The number of nitrogens with one attached hydrogen (secondary N) is 2. The molecule has 1 heterocycles. The van der Waals surface area contributed by atoms with E-state index in [9.17, 15) is 9.59 Å². The van der Waals surface area contributed by atoms with E-state index < -0.39 is 0 Å². The molecule has 0 fully saturated rings. The van der Waals surface area contributed by atoms with Crippen molar-refractivity contribution in [1.82, 2.24) is 9.88 Å². The Hall–Kier alpha value is -3.86. The summed E-state index contributed by atoms with van der Waals surface area (Å²) in [6.45, 7) is 3.05. The van der Waals surface area contributed by atoms with Gasteiger partial charge in [0.1, 0.15) is 5.69 Å². The summed E-state index contributed by atoms with van der Waals surface area (Å²) >= 11 is 0. The number of amides is 2. The highest BCUT2D eigenvalue weighted by molar-refractivity contribution is 6.06. The third kappa shape index (κ3) is 4.10. The average molecular weight is 397 g/mol. The fourth-order valence-corrected chi connectivity index (χ4v) is 3.50. The van der Waals surface area contributed by atoms with Crippen LogP contribution >= 0.6 is 0 Å². The van der Waals surface area contributed by atoms with Crippen LogP contribution in [0, 0.1) is 0 Å². The predicted molar refractivity (Wildman–Crippen MR) is 120 cm³/mol. The van der Waals surface area contributed by atoms with Crippen LogP contribution in [0.5, 0.6) is 0 Å². The molecule has 0 radical (unpaired) electrons. The zero-order chi connectivity index (χ0) is 20.9. The van der Waals surface area contributed by atoms with E-state index in [1.807, 2.05) is 60.0 Å². The van der Waals surface area contributed by atoms with Crippen LogP contribution in [0.2, 0.25) is 0 Å². The van der Waals surface area contributed by atoms with Crippen molar-refractivity contribution in [2.75, 3.05) is 11.9 Å². The van der Waals surface area contributed by atoms with E-state index in [0.29, 0.717) is 30.0 Å². The number of anilines is 1. The number of hydrogen-bond donors (Lipinski definition) is 2. The highest BCUT2D eigenvalue weighted by Crippen LogP contribution is 2.22. The molecule has 150 valence electrons. The third-order valence-electron chi connectivity index (χ3n) is 4.97. The van der Waals surface area contributed by atoms with Crippen molar-refractivity contribution in [3.63, 3.8) is 0 Å². The Kier molecular flexibility index (Phi) is 5.61. The minimum atomic E-state index is -0.187. The van der Waals surface area contributed by atoms with Gasteiger partial charge < -0.3 is 15.2 Å². The Bertz CT molecular complexity index is 1180. The van der Waals surface area contributed by atoms with Crippen LogP contribution in [0.4, 0.5) is 5.69 Å². The van der Waals surface area contributed by atoms with Crippen molar-refractivity contribution >= 4 is 28.4 Å². The van der Waals surface area contributed by atoms with Gasteiger partial charge >= 0.3 is 0 Å². The second-order valence-electron chi connectivity index (χ2n) is 7.05. The summed E-state index contributed by atoms with van der Waals surface area (Å²) in [5.74, 6) is -0.314. The summed E-state index contributed by atoms with van der Waals surface area (Å²) in [7, 11) is 0. The molecule has 0 aliphatic carbocycles. The van der Waals surface area contributed by atoms with E-state index in [-0.39, 0.29) is 11.8 Å². The summed E-state index contributed by atoms with van der Waals surface area (Å²) in [6, 6.07) is 26.9. The maximum Gasteiger partial charge on any atom is 0.272 e. The molecule has 0 saturated heterocycles. The Balaban J connectivity index is 1.61. The number of aromatic nitrogens is 1. The number of benzene rings is 3. The van der Waals surface area contributed by atoms with Gasteiger partial charge in [-0.3, -0.25) is 9.59 Å². The van der Waals surface area contributed by atoms with Gasteiger partial charge in [0.15, 0.2) is 0 Å². The summed E-state index contributed by atoms with van der Waals surface area (Å²) in [5, 5.41) is 6.73. The van der Waals surface area contributed by atoms with Crippen molar-refractivity contribution in [3.8, 4) is 0 Å². The van der Waals surface area contributed by atoms with Gasteiger partial charge in [0, 0.05) is 35.2 Å². The van der Waals surface area contributed by atoms with E-state index in [4.69, 9.17) is 0 Å². The maximum atomic E-state index is 13.1. The molecule has 3 aromatic carbocycles. The highest BCUT2D eigenvalue weighted by Gasteiger charge is 2.16. The lowest BCUT2D eigenvalue weighted by Gasteiger charge is -2.12. The van der Waals surface area contributed by atoms with E-state index in [1.165, 1.54) is 0 Å². The van der Waals surface area contributed by atoms with Crippen LogP contribution in [0.3, 0.4) is 0 Å². The molecule has 5 nitrogen and oxygen atoms in total. The zero-order valence-electron chi connectivity index (χ0n) is 16.8. The zero-order valence-corrected chi connectivity index (χ0v) is 16.8. The first-order valence-corrected chi connectivity index (χ1v) is 9.97. The summed E-state index contributed by atoms with van der Waals surface area (Å²) in [5.41, 5.74) is 3.93. The van der Waals surface area contributed by atoms with Crippen molar-refractivity contribution in [2.24, 2.45) is 0 Å². The van der Waals surface area contributed by atoms with Crippen molar-refractivity contribution < 1.29 is 9.59 Å². The molecular weight excluding hydrogens is 374 g/mol. The quantitative estimate of drug-likeness (QED) is 0.496. The first-order valence-electron chi connectivity index (χ1n) is 9.97. The SMILES string of the molecule is CCNC(=O)c1ccc(NC(=O)c2cc3ccccc3n2Cc2ccccc2)cc1. The number of hydrogen-bond acceptors (Lipinski definition) is 2. The van der Waals surface area contributed by atoms with Crippen LogP contribution in [0.1, 0.15) is 33.3 Å². The van der Waals surface area contributed by atoms with Gasteiger partial charge in [-0.25, -0.2) is 0 Å². The number of carbonyl (C=O) groups excluding carboxylic acids is 2. The summed E-state index contributed by atoms with van der Waals surface area (Å²) in [6.07, 6.45) is 0. The fraction of sp³-hybridized carbons (Fsp3) is 0.120. The molecule has 1 aromatic heterocycles. The standard InChI is InChI=1S/C25H23N3O2/c1-2-26-24(29)19-12-14-21(15-13-19)27-25(30)23-16-20-10-6-7-11-22(20)28(23)17-18-8-4-3-5-9-18/h3-16H,2,17H2,1H3,(H,26,29)(H,27,30). The minimum Gasteiger partial charge on any atom is -0.352 e. The summed E-state index contributed by atoms with van der Waals surface area (Å²) in [4.78, 5) is 25.0. The first kappa shape index (κ1) is 19.5. The lowest BCUT2D eigenvalue weighted by Crippen LogP contribution is -2.22. The van der Waals surface area contributed by atoms with Gasteiger partial charge in [0.2, 0.25) is 0 Å². The molecule has 2 amide bonds. The average Bonchev–Trinajstić information content (AvgIpc) is 3.14. The molecule has 0 saturated carbocycles. The van der Waals surface area contributed by atoms with Gasteiger partial charge in [-0.2, -0.15) is 0 Å². The lowest BCUT2D eigenvalue weighted by molar-refractivity contribution is 0.0955. The molecule has 0 bridgehead atoms. The van der Waals surface area contributed by atoms with Crippen LogP contribution in [-0.4, -0.2) is 22.9 Å². The normalized spacial score (nSPS) is 10.7. The van der Waals surface area contributed by atoms with Crippen LogP contribution in [0.25, 0.3) is 10.9 Å². The van der Waals surface area contributed by atoms with E-state index >= 15 is 0 Å². The molecule has 0 atom stereocenters. The second-order valence-corrected chi connectivity index (χ2v) is 7.05. The van der Waals surface area contributed by atoms with Gasteiger partial charge in [-0.1, -0.05) is 48.5 Å². The molecular formula is C25H23N3O2. The molecule has 0 unspecified atom stereocenters. The van der Waals surface area contributed by atoms with Gasteiger partial charge in [-0.05, 0) is 48.9 Å². The summed E-state index contributed by atoms with van der Waals surface area (Å²) < 4.78 is 2.03. The number of carbonyl (C=O) groups is 2. The van der Waals surface area contributed by atoms with Gasteiger partial charge in [0.05, 0.1) is 0 Å². The van der Waals surface area contributed by atoms with Crippen molar-refractivity contribution in [1.29, 1.82) is 0 Å². The Labute approximate surface area is 175 Å². The number of rotatable bonds is 6. The molecule has 30 heavy (non-hydrogen) atoms. The van der Waals surface area contributed by atoms with Gasteiger partial charge in [-0.15, -0.1) is 0 Å². The molecule has 4 rings (SSSR count). The predicted octanol–water partition coefficient (Wildman–Crippen LogP) is 4.69. The lowest BCUT2D eigenvalue weighted by atomic mass is 10.2. The molecule has 0 aliphatic heterocycles. The highest BCUT2D eigenvalue weighted by atomic mass is 16.2. The first-order chi connectivity index (χ1) is 14.7. The number of para-hydroxylation sites is 1. The monoisotopic (exact) mass is 397 g/mol. The largest absolute Gasteiger partial charge is 0.352 e. The van der Waals surface area contributed by atoms with E-state index in [1.54, 1.807) is 24.3 Å². The number of nitrogens with zero attached hydrogens (tertiary/aromatic N) is 1. The second kappa shape index (κ2) is 8.66. The Morgan fingerprint density at radius 3 is 2.27 bits per heavy atom. The van der Waals surface area contributed by atoms with E-state index in [0.717, 1.165) is 16.5 Å². The van der Waals surface area contributed by atoms with Gasteiger partial charge in [0.25, 0.3) is 11.8 Å². The third-order valence-corrected chi connectivity index (χ3v) is 4.97. The fourth-order valence-electron chi connectivity index (χ4n) is 3.50. The van der Waals surface area contributed by atoms with Crippen LogP contribution in [0.15, 0.2) is 84.9 Å². The number of fused-ring (bicyclic) bond motifs is 1. The topological polar surface area (TPSA) is 63.1 Å². The van der Waals surface area contributed by atoms with E-state index in [2.05, 4.69) is 22.8 Å². The molecule has 0 aliphatic rings. The van der Waals surface area contributed by atoms with Crippen molar-refractivity contribution in [2.45, 2.75) is 13.5 Å². The van der Waals surface area contributed by atoms with Crippen LogP contribution < -0.4 is 10.6 Å². The Morgan fingerprint density at radius 1 is 0.833 bits per heavy atom. The Morgan fingerprint density at radius 2 is 1.53 bits per heavy atom. The molecule has 2 N–H and O–H groups in total. The molecule has 0 spiro atoms.